The molecule has 0 bridgehead atoms. The normalized spacial score (nSPS) is 17.7. The van der Waals surface area contributed by atoms with Gasteiger partial charge in [0.25, 0.3) is 0 Å². The predicted molar refractivity (Wildman–Crippen MR) is 76.5 cm³/mol. The van der Waals surface area contributed by atoms with Crippen LogP contribution >= 0.6 is 11.8 Å². The van der Waals surface area contributed by atoms with E-state index in [4.69, 9.17) is 4.74 Å². The summed E-state index contributed by atoms with van der Waals surface area (Å²) in [6, 6.07) is 0.550. The van der Waals surface area contributed by atoms with Gasteiger partial charge < -0.3 is 9.30 Å². The number of esters is 1. The molecule has 0 amide bonds. The first kappa shape index (κ1) is 14.4. The minimum Gasteiger partial charge on any atom is -0.468 e. The number of aromatic nitrogens is 2. The van der Waals surface area contributed by atoms with Crippen LogP contribution in [0.1, 0.15) is 50.0 Å². The second-order valence-electron chi connectivity index (χ2n) is 5.16. The maximum Gasteiger partial charge on any atom is 0.318 e. The number of imidazole rings is 1. The van der Waals surface area contributed by atoms with Crippen LogP contribution < -0.4 is 0 Å². The molecule has 1 aliphatic carbocycles. The molecule has 106 valence electrons. The highest BCUT2D eigenvalue weighted by Crippen LogP contribution is 2.36. The summed E-state index contributed by atoms with van der Waals surface area (Å²) in [5.41, 5.74) is 2.29. The fourth-order valence-corrected chi connectivity index (χ4v) is 3.74. The average molecular weight is 282 g/mol. The van der Waals surface area contributed by atoms with Gasteiger partial charge in [-0.2, -0.15) is 0 Å². The number of hydrogen-bond donors (Lipinski definition) is 0. The quantitative estimate of drug-likeness (QED) is 0.628. The summed E-state index contributed by atoms with van der Waals surface area (Å²) in [5, 5.41) is 0.742. The summed E-state index contributed by atoms with van der Waals surface area (Å²) in [6.45, 7) is 6.02. The third kappa shape index (κ3) is 2.96. The Bertz CT molecular complexity index is 464. The second kappa shape index (κ2) is 5.99. The molecule has 1 aromatic rings. The summed E-state index contributed by atoms with van der Waals surface area (Å²) < 4.78 is 7.12. The highest BCUT2D eigenvalue weighted by molar-refractivity contribution is 8.00. The molecule has 0 aliphatic heterocycles. The van der Waals surface area contributed by atoms with Crippen LogP contribution in [0.2, 0.25) is 0 Å². The Morgan fingerprint density at radius 3 is 2.63 bits per heavy atom. The van der Waals surface area contributed by atoms with Crippen LogP contribution in [0.3, 0.4) is 0 Å². The molecule has 1 fully saturated rings. The molecule has 0 spiro atoms. The first-order chi connectivity index (χ1) is 9.04. The first-order valence-corrected chi connectivity index (χ1v) is 7.72. The summed E-state index contributed by atoms with van der Waals surface area (Å²) in [5.74, 6) is -0.193. The van der Waals surface area contributed by atoms with Gasteiger partial charge in [-0.25, -0.2) is 4.98 Å². The van der Waals surface area contributed by atoms with Gasteiger partial charge in [-0.05, 0) is 33.6 Å². The van der Waals surface area contributed by atoms with Gasteiger partial charge in [0.15, 0.2) is 5.16 Å². The minimum absolute atomic E-state index is 0.193. The molecule has 19 heavy (non-hydrogen) atoms. The van der Waals surface area contributed by atoms with Crippen molar-refractivity contribution < 1.29 is 9.53 Å². The summed E-state index contributed by atoms with van der Waals surface area (Å²) in [6.07, 6.45) is 5.02. The first-order valence-electron chi connectivity index (χ1n) is 6.84. The SMILES string of the molecule is COC(=O)[C@H](C)Sc1nc(C)c(C)n1C1CCCC1. The Balaban J connectivity index is 2.24. The van der Waals surface area contributed by atoms with E-state index in [0.717, 1.165) is 10.9 Å². The molecular formula is C14H22N2O2S. The van der Waals surface area contributed by atoms with Gasteiger partial charge in [0.2, 0.25) is 0 Å². The van der Waals surface area contributed by atoms with Crippen molar-refractivity contribution in [3.8, 4) is 0 Å². The largest absolute Gasteiger partial charge is 0.468 e. The van der Waals surface area contributed by atoms with Crippen LogP contribution in [0.15, 0.2) is 5.16 Å². The van der Waals surface area contributed by atoms with Gasteiger partial charge in [0.1, 0.15) is 5.25 Å². The number of ether oxygens (including phenoxy) is 1. The lowest BCUT2D eigenvalue weighted by Crippen LogP contribution is -2.16. The Hall–Kier alpha value is -0.970. The van der Waals surface area contributed by atoms with Crippen molar-refractivity contribution in [1.82, 2.24) is 9.55 Å². The van der Waals surface area contributed by atoms with E-state index < -0.39 is 0 Å². The molecule has 2 rings (SSSR count). The van der Waals surface area contributed by atoms with Gasteiger partial charge in [0, 0.05) is 11.7 Å². The van der Waals surface area contributed by atoms with Gasteiger partial charge in [0.05, 0.1) is 12.8 Å². The topological polar surface area (TPSA) is 44.1 Å². The number of nitrogens with zero attached hydrogens (tertiary/aromatic N) is 2. The van der Waals surface area contributed by atoms with E-state index in [-0.39, 0.29) is 11.2 Å². The molecular weight excluding hydrogens is 260 g/mol. The maximum absolute atomic E-state index is 11.6. The fraction of sp³-hybridized carbons (Fsp3) is 0.714. The highest BCUT2D eigenvalue weighted by atomic mass is 32.2. The summed E-state index contributed by atoms with van der Waals surface area (Å²) in [7, 11) is 1.43. The molecule has 1 saturated carbocycles. The van der Waals surface area contributed by atoms with Crippen molar-refractivity contribution in [3.05, 3.63) is 11.4 Å². The van der Waals surface area contributed by atoms with E-state index in [1.54, 1.807) is 0 Å². The van der Waals surface area contributed by atoms with E-state index in [1.807, 2.05) is 13.8 Å². The lowest BCUT2D eigenvalue weighted by molar-refractivity contribution is -0.139. The van der Waals surface area contributed by atoms with Crippen molar-refractivity contribution in [2.45, 2.75) is 62.9 Å². The van der Waals surface area contributed by atoms with E-state index in [9.17, 15) is 4.79 Å². The number of rotatable bonds is 4. The van der Waals surface area contributed by atoms with E-state index in [0.29, 0.717) is 6.04 Å². The number of methoxy groups -OCH3 is 1. The standard InChI is InChI=1S/C14H22N2O2S/c1-9-10(2)16(12-7-5-6-8-12)14(15-9)19-11(3)13(17)18-4/h11-12H,5-8H2,1-4H3/t11-/m0/s1. The number of thioether (sulfide) groups is 1. The zero-order valence-corrected chi connectivity index (χ0v) is 12.9. The van der Waals surface area contributed by atoms with Gasteiger partial charge in [-0.1, -0.05) is 24.6 Å². The molecule has 1 heterocycles. The van der Waals surface area contributed by atoms with Crippen molar-refractivity contribution in [1.29, 1.82) is 0 Å². The Kier molecular flexibility index (Phi) is 4.55. The van der Waals surface area contributed by atoms with Gasteiger partial charge in [-0.3, -0.25) is 4.79 Å². The van der Waals surface area contributed by atoms with Crippen molar-refractivity contribution in [2.75, 3.05) is 7.11 Å². The fourth-order valence-electron chi connectivity index (χ4n) is 2.64. The predicted octanol–water partition coefficient (Wildman–Crippen LogP) is 3.27. The van der Waals surface area contributed by atoms with Crippen LogP contribution in [0.4, 0.5) is 0 Å². The molecule has 0 aromatic carbocycles. The average Bonchev–Trinajstić information content (AvgIpc) is 2.98. The molecule has 5 heteroatoms. The van der Waals surface area contributed by atoms with E-state index in [1.165, 1.54) is 50.2 Å². The third-order valence-corrected chi connectivity index (χ3v) is 4.90. The van der Waals surface area contributed by atoms with Gasteiger partial charge in [-0.15, -0.1) is 0 Å². The minimum atomic E-state index is -0.216. The summed E-state index contributed by atoms with van der Waals surface area (Å²) >= 11 is 1.50. The molecule has 0 unspecified atom stereocenters. The smallest absolute Gasteiger partial charge is 0.318 e. The van der Waals surface area contributed by atoms with Crippen LogP contribution in [-0.2, 0) is 9.53 Å². The molecule has 4 nitrogen and oxygen atoms in total. The highest BCUT2D eigenvalue weighted by Gasteiger charge is 2.25. The lowest BCUT2D eigenvalue weighted by atomic mass is 10.2. The number of carbonyl (C=O) groups excluding carboxylic acids is 1. The van der Waals surface area contributed by atoms with E-state index >= 15 is 0 Å². The zero-order valence-electron chi connectivity index (χ0n) is 12.1. The molecule has 0 radical (unpaired) electrons. The van der Waals surface area contributed by atoms with Crippen LogP contribution in [0.25, 0.3) is 0 Å². The number of carbonyl (C=O) groups is 1. The zero-order chi connectivity index (χ0) is 14.0. The molecule has 0 saturated heterocycles. The monoisotopic (exact) mass is 282 g/mol. The van der Waals surface area contributed by atoms with Crippen LogP contribution in [0, 0.1) is 13.8 Å². The van der Waals surface area contributed by atoms with Gasteiger partial charge >= 0.3 is 5.97 Å². The number of hydrogen-bond acceptors (Lipinski definition) is 4. The second-order valence-corrected chi connectivity index (χ2v) is 6.46. The van der Waals surface area contributed by atoms with Crippen molar-refractivity contribution in [2.24, 2.45) is 0 Å². The Morgan fingerprint density at radius 2 is 2.05 bits per heavy atom. The van der Waals surface area contributed by atoms with Crippen molar-refractivity contribution >= 4 is 17.7 Å². The van der Waals surface area contributed by atoms with Crippen LogP contribution in [0.5, 0.6) is 0 Å². The Labute approximate surface area is 118 Å². The molecule has 1 atom stereocenters. The Morgan fingerprint density at radius 1 is 1.42 bits per heavy atom. The van der Waals surface area contributed by atoms with Crippen molar-refractivity contribution in [3.63, 3.8) is 0 Å². The molecule has 1 aliphatic rings. The summed E-state index contributed by atoms with van der Waals surface area (Å²) in [4.78, 5) is 16.2. The third-order valence-electron chi connectivity index (χ3n) is 3.86. The number of aryl methyl sites for hydroxylation is 1. The van der Waals surface area contributed by atoms with E-state index in [2.05, 4.69) is 16.5 Å². The maximum atomic E-state index is 11.6. The van der Waals surface area contributed by atoms with Crippen LogP contribution in [-0.4, -0.2) is 27.9 Å². The molecule has 1 aromatic heterocycles. The molecule has 0 N–H and O–H groups in total. The lowest BCUT2D eigenvalue weighted by Gasteiger charge is -2.18.